The summed E-state index contributed by atoms with van der Waals surface area (Å²) in [6, 6.07) is 1.95. The zero-order chi connectivity index (χ0) is 10.5. The van der Waals surface area contributed by atoms with Gasteiger partial charge in [-0.2, -0.15) is 0 Å². The highest BCUT2D eigenvalue weighted by molar-refractivity contribution is 5.61. The molecule has 0 aliphatic rings. The molecule has 0 amide bonds. The standard InChI is InChI=1S/C11H13N3O/c12-4-1-2-9-6-13-5-3-10(9)11-7-15-8-14-11/h3,5-8H,1-2,4,12H2. The summed E-state index contributed by atoms with van der Waals surface area (Å²) in [5.41, 5.74) is 8.58. The molecule has 2 N–H and O–H groups in total. The summed E-state index contributed by atoms with van der Waals surface area (Å²) >= 11 is 0. The first-order valence-corrected chi connectivity index (χ1v) is 4.93. The molecule has 0 aromatic carbocycles. The van der Waals surface area contributed by atoms with E-state index in [1.165, 1.54) is 6.39 Å². The van der Waals surface area contributed by atoms with Gasteiger partial charge in [-0.05, 0) is 31.0 Å². The molecule has 4 nitrogen and oxygen atoms in total. The predicted octanol–water partition coefficient (Wildman–Crippen LogP) is 1.63. The smallest absolute Gasteiger partial charge is 0.181 e. The molecule has 0 radical (unpaired) electrons. The van der Waals surface area contributed by atoms with E-state index in [1.54, 1.807) is 12.5 Å². The van der Waals surface area contributed by atoms with Crippen LogP contribution in [0, 0.1) is 0 Å². The number of nitrogens with zero attached hydrogens (tertiary/aromatic N) is 2. The molecule has 15 heavy (non-hydrogen) atoms. The number of pyridine rings is 1. The van der Waals surface area contributed by atoms with Gasteiger partial charge in [0.2, 0.25) is 0 Å². The summed E-state index contributed by atoms with van der Waals surface area (Å²) in [4.78, 5) is 8.24. The van der Waals surface area contributed by atoms with Crippen LogP contribution in [-0.2, 0) is 6.42 Å². The minimum atomic E-state index is 0.688. The van der Waals surface area contributed by atoms with Gasteiger partial charge in [0.1, 0.15) is 12.0 Å². The van der Waals surface area contributed by atoms with Gasteiger partial charge in [-0.3, -0.25) is 4.98 Å². The molecule has 0 unspecified atom stereocenters. The fourth-order valence-corrected chi connectivity index (χ4v) is 1.51. The highest BCUT2D eigenvalue weighted by atomic mass is 16.3. The van der Waals surface area contributed by atoms with Gasteiger partial charge in [0.15, 0.2) is 6.39 Å². The van der Waals surface area contributed by atoms with Crippen LogP contribution in [-0.4, -0.2) is 16.5 Å². The molecule has 0 atom stereocenters. The lowest BCUT2D eigenvalue weighted by Crippen LogP contribution is -2.01. The number of aryl methyl sites for hydroxylation is 1. The maximum atomic E-state index is 5.49. The first-order chi connectivity index (χ1) is 7.42. The number of nitrogens with two attached hydrogens (primary N) is 1. The molecule has 2 heterocycles. The molecule has 0 bridgehead atoms. The average Bonchev–Trinajstić information content (AvgIpc) is 2.80. The summed E-state index contributed by atoms with van der Waals surface area (Å²) in [6.45, 7) is 0.688. The summed E-state index contributed by atoms with van der Waals surface area (Å²) in [6.07, 6.45) is 8.57. The quantitative estimate of drug-likeness (QED) is 0.820. The Labute approximate surface area is 88.2 Å². The van der Waals surface area contributed by atoms with Gasteiger partial charge < -0.3 is 10.2 Å². The van der Waals surface area contributed by atoms with Crippen molar-refractivity contribution in [2.75, 3.05) is 6.54 Å². The van der Waals surface area contributed by atoms with Crippen molar-refractivity contribution in [1.29, 1.82) is 0 Å². The fourth-order valence-electron chi connectivity index (χ4n) is 1.51. The molecular weight excluding hydrogens is 190 g/mol. The molecule has 0 spiro atoms. The summed E-state index contributed by atoms with van der Waals surface area (Å²) in [7, 11) is 0. The highest BCUT2D eigenvalue weighted by Gasteiger charge is 2.06. The maximum absolute atomic E-state index is 5.49. The lowest BCUT2D eigenvalue weighted by molar-refractivity contribution is 0.558. The van der Waals surface area contributed by atoms with Crippen molar-refractivity contribution in [3.63, 3.8) is 0 Å². The molecule has 0 saturated carbocycles. The Hall–Kier alpha value is -1.68. The minimum absolute atomic E-state index is 0.688. The van der Waals surface area contributed by atoms with Gasteiger partial charge in [-0.25, -0.2) is 4.98 Å². The molecule has 2 rings (SSSR count). The van der Waals surface area contributed by atoms with E-state index in [0.717, 1.165) is 29.7 Å². The van der Waals surface area contributed by atoms with Crippen molar-refractivity contribution in [1.82, 2.24) is 9.97 Å². The third-order valence-corrected chi connectivity index (χ3v) is 2.26. The second kappa shape index (κ2) is 4.70. The molecule has 2 aromatic heterocycles. The van der Waals surface area contributed by atoms with E-state index in [9.17, 15) is 0 Å². The number of oxazole rings is 1. The molecule has 0 aliphatic heterocycles. The van der Waals surface area contributed by atoms with Crippen molar-refractivity contribution in [3.05, 3.63) is 36.7 Å². The van der Waals surface area contributed by atoms with Crippen LogP contribution < -0.4 is 5.73 Å². The topological polar surface area (TPSA) is 64.9 Å². The number of aromatic nitrogens is 2. The van der Waals surface area contributed by atoms with Crippen LogP contribution >= 0.6 is 0 Å². The Bertz CT molecular complexity index is 412. The van der Waals surface area contributed by atoms with Crippen LogP contribution in [0.4, 0.5) is 0 Å². The van der Waals surface area contributed by atoms with Gasteiger partial charge in [0.25, 0.3) is 0 Å². The van der Waals surface area contributed by atoms with Crippen molar-refractivity contribution in [3.8, 4) is 11.3 Å². The maximum Gasteiger partial charge on any atom is 0.181 e. The third-order valence-electron chi connectivity index (χ3n) is 2.26. The molecule has 0 aliphatic carbocycles. The van der Waals surface area contributed by atoms with Crippen LogP contribution in [0.5, 0.6) is 0 Å². The van der Waals surface area contributed by atoms with Crippen LogP contribution in [0.15, 0.2) is 35.5 Å². The monoisotopic (exact) mass is 203 g/mol. The SMILES string of the molecule is NCCCc1cnccc1-c1cocn1. The Balaban J connectivity index is 2.30. The normalized spacial score (nSPS) is 10.5. The van der Waals surface area contributed by atoms with Gasteiger partial charge >= 0.3 is 0 Å². The molecule has 4 heteroatoms. The zero-order valence-electron chi connectivity index (χ0n) is 8.39. The average molecular weight is 203 g/mol. The molecule has 0 saturated heterocycles. The van der Waals surface area contributed by atoms with E-state index in [0.29, 0.717) is 6.54 Å². The lowest BCUT2D eigenvalue weighted by atomic mass is 10.0. The van der Waals surface area contributed by atoms with E-state index in [-0.39, 0.29) is 0 Å². The molecular formula is C11H13N3O. The van der Waals surface area contributed by atoms with Crippen LogP contribution in [0.3, 0.4) is 0 Å². The summed E-state index contributed by atoms with van der Waals surface area (Å²) in [5, 5.41) is 0. The van der Waals surface area contributed by atoms with Crippen molar-refractivity contribution in [2.45, 2.75) is 12.8 Å². The van der Waals surface area contributed by atoms with E-state index >= 15 is 0 Å². The Morgan fingerprint density at radius 3 is 3.07 bits per heavy atom. The lowest BCUT2D eigenvalue weighted by Gasteiger charge is -2.04. The molecule has 2 aromatic rings. The summed E-state index contributed by atoms with van der Waals surface area (Å²) < 4.78 is 4.97. The molecule has 78 valence electrons. The van der Waals surface area contributed by atoms with Crippen LogP contribution in [0.1, 0.15) is 12.0 Å². The third kappa shape index (κ3) is 2.22. The largest absolute Gasteiger partial charge is 0.451 e. The first-order valence-electron chi connectivity index (χ1n) is 4.93. The minimum Gasteiger partial charge on any atom is -0.451 e. The van der Waals surface area contributed by atoms with E-state index in [4.69, 9.17) is 10.2 Å². The van der Waals surface area contributed by atoms with Gasteiger partial charge in [0, 0.05) is 18.0 Å². The van der Waals surface area contributed by atoms with Gasteiger partial charge in [0.05, 0.1) is 0 Å². The Kier molecular flexibility index (Phi) is 3.09. The highest BCUT2D eigenvalue weighted by Crippen LogP contribution is 2.21. The van der Waals surface area contributed by atoms with Crippen molar-refractivity contribution in [2.24, 2.45) is 5.73 Å². The van der Waals surface area contributed by atoms with Crippen LogP contribution in [0.25, 0.3) is 11.3 Å². The van der Waals surface area contributed by atoms with Gasteiger partial charge in [-0.15, -0.1) is 0 Å². The zero-order valence-corrected chi connectivity index (χ0v) is 8.39. The Morgan fingerprint density at radius 2 is 2.33 bits per heavy atom. The second-order valence-corrected chi connectivity index (χ2v) is 3.30. The number of hydrogen-bond donors (Lipinski definition) is 1. The first kappa shape index (κ1) is 9.86. The molecule has 0 fully saturated rings. The predicted molar refractivity (Wildman–Crippen MR) is 57.1 cm³/mol. The van der Waals surface area contributed by atoms with Crippen molar-refractivity contribution < 1.29 is 4.42 Å². The number of rotatable bonds is 4. The fraction of sp³-hybridized carbons (Fsp3) is 0.273. The van der Waals surface area contributed by atoms with Crippen molar-refractivity contribution >= 4 is 0 Å². The van der Waals surface area contributed by atoms with E-state index in [2.05, 4.69) is 9.97 Å². The second-order valence-electron chi connectivity index (χ2n) is 3.30. The van der Waals surface area contributed by atoms with Crippen LogP contribution in [0.2, 0.25) is 0 Å². The summed E-state index contributed by atoms with van der Waals surface area (Å²) in [5.74, 6) is 0. The van der Waals surface area contributed by atoms with Gasteiger partial charge in [-0.1, -0.05) is 0 Å². The van der Waals surface area contributed by atoms with E-state index < -0.39 is 0 Å². The van der Waals surface area contributed by atoms with E-state index in [1.807, 2.05) is 12.3 Å². The Morgan fingerprint density at radius 1 is 1.40 bits per heavy atom. The number of hydrogen-bond acceptors (Lipinski definition) is 4.